The molecule has 59 valence electrons. The van der Waals surface area contributed by atoms with E-state index in [-0.39, 0.29) is 12.4 Å². The van der Waals surface area contributed by atoms with Gasteiger partial charge < -0.3 is 4.74 Å². The summed E-state index contributed by atoms with van der Waals surface area (Å²) >= 11 is 0. The summed E-state index contributed by atoms with van der Waals surface area (Å²) < 4.78 is 29.8. The zero-order valence-electron chi connectivity index (χ0n) is 5.81. The summed E-state index contributed by atoms with van der Waals surface area (Å²) in [5.74, 6) is -1.97. The van der Waals surface area contributed by atoms with E-state index in [9.17, 15) is 8.78 Å². The fourth-order valence-corrected chi connectivity index (χ4v) is 0.705. The Balaban J connectivity index is 2.96. The van der Waals surface area contributed by atoms with Crippen LogP contribution in [-0.2, 0) is 0 Å². The molecule has 0 bridgehead atoms. The fraction of sp³-hybridized carbons (Fsp3) is 0.125. The molecule has 0 aliphatic heterocycles. The van der Waals surface area contributed by atoms with E-state index in [0.29, 0.717) is 0 Å². The minimum atomic E-state index is -0.962. The van der Waals surface area contributed by atoms with Crippen LogP contribution in [0.4, 0.5) is 8.78 Å². The Labute approximate surface area is 63.6 Å². The van der Waals surface area contributed by atoms with Crippen molar-refractivity contribution in [2.24, 2.45) is 0 Å². The highest BCUT2D eigenvalue weighted by Crippen LogP contribution is 2.18. The van der Waals surface area contributed by atoms with Crippen LogP contribution in [0, 0.1) is 18.6 Å². The molecule has 0 fully saturated rings. The highest BCUT2D eigenvalue weighted by Gasteiger charge is 2.06. The van der Waals surface area contributed by atoms with Crippen LogP contribution in [0.15, 0.2) is 18.2 Å². The summed E-state index contributed by atoms with van der Waals surface area (Å²) in [6, 6.07) is 3.76. The molecule has 3 heteroatoms. The van der Waals surface area contributed by atoms with Crippen LogP contribution in [0.3, 0.4) is 0 Å². The molecule has 1 rings (SSSR count). The lowest BCUT2D eigenvalue weighted by atomic mass is 10.3. The van der Waals surface area contributed by atoms with Gasteiger partial charge in [0, 0.05) is 0 Å². The number of hydrogen-bond acceptors (Lipinski definition) is 1. The molecule has 11 heavy (non-hydrogen) atoms. The standard InChI is InChI=1S/C8H7F2O/c1-2-11-7-5-3-4-6(9)8(7)10/h3-5H,1-2H2. The number of ether oxygens (including phenoxy) is 1. The molecule has 0 saturated carbocycles. The van der Waals surface area contributed by atoms with Crippen molar-refractivity contribution in [1.82, 2.24) is 0 Å². The van der Waals surface area contributed by atoms with Gasteiger partial charge >= 0.3 is 0 Å². The van der Waals surface area contributed by atoms with Crippen molar-refractivity contribution in [3.63, 3.8) is 0 Å². The molecule has 0 heterocycles. The second kappa shape index (κ2) is 3.32. The van der Waals surface area contributed by atoms with Crippen LogP contribution >= 0.6 is 0 Å². The maximum atomic E-state index is 12.7. The molecule has 0 aliphatic carbocycles. The van der Waals surface area contributed by atoms with Crippen LogP contribution in [0.1, 0.15) is 0 Å². The summed E-state index contributed by atoms with van der Waals surface area (Å²) in [5, 5.41) is 0. The average molecular weight is 157 g/mol. The number of rotatable bonds is 2. The molecule has 0 amide bonds. The van der Waals surface area contributed by atoms with Crippen LogP contribution in [0.5, 0.6) is 5.75 Å². The van der Waals surface area contributed by atoms with Gasteiger partial charge in [0.15, 0.2) is 11.6 Å². The van der Waals surface area contributed by atoms with Crippen LogP contribution < -0.4 is 4.74 Å². The first-order valence-electron chi connectivity index (χ1n) is 3.11. The fourth-order valence-electron chi connectivity index (χ4n) is 0.705. The summed E-state index contributed by atoms with van der Waals surface area (Å²) in [6.07, 6.45) is 0. The first kappa shape index (κ1) is 7.98. The van der Waals surface area contributed by atoms with Gasteiger partial charge in [0.2, 0.25) is 5.82 Å². The highest BCUT2D eigenvalue weighted by molar-refractivity contribution is 5.24. The molecule has 1 aromatic carbocycles. The number of hydrogen-bond donors (Lipinski definition) is 0. The zero-order valence-corrected chi connectivity index (χ0v) is 5.81. The van der Waals surface area contributed by atoms with Gasteiger partial charge in [-0.25, -0.2) is 4.39 Å². The van der Waals surface area contributed by atoms with Crippen molar-refractivity contribution in [2.45, 2.75) is 0 Å². The van der Waals surface area contributed by atoms with Gasteiger partial charge in [-0.2, -0.15) is 4.39 Å². The average Bonchev–Trinajstić information content (AvgIpc) is 1.99. The molecule has 0 unspecified atom stereocenters. The highest BCUT2D eigenvalue weighted by atomic mass is 19.2. The first-order valence-corrected chi connectivity index (χ1v) is 3.11. The summed E-state index contributed by atoms with van der Waals surface area (Å²) in [6.45, 7) is 3.42. The molecule has 1 radical (unpaired) electrons. The normalized spacial score (nSPS) is 9.73. The Hall–Kier alpha value is -1.12. The van der Waals surface area contributed by atoms with E-state index in [1.54, 1.807) is 0 Å². The first-order chi connectivity index (χ1) is 5.25. The molecule has 1 aromatic rings. The van der Waals surface area contributed by atoms with E-state index in [0.717, 1.165) is 6.07 Å². The second-order valence-corrected chi connectivity index (χ2v) is 1.90. The van der Waals surface area contributed by atoms with E-state index in [1.807, 2.05) is 0 Å². The Bertz CT molecular complexity index is 248. The van der Waals surface area contributed by atoms with E-state index in [4.69, 9.17) is 4.74 Å². The second-order valence-electron chi connectivity index (χ2n) is 1.90. The Kier molecular flexibility index (Phi) is 2.41. The molecular weight excluding hydrogens is 150 g/mol. The van der Waals surface area contributed by atoms with Gasteiger partial charge in [0.05, 0.1) is 6.61 Å². The molecule has 0 saturated heterocycles. The quantitative estimate of drug-likeness (QED) is 0.639. The SMILES string of the molecule is [CH2]COc1cccc(F)c1F. The predicted molar refractivity (Wildman–Crippen MR) is 37.2 cm³/mol. The third-order valence-corrected chi connectivity index (χ3v) is 1.17. The van der Waals surface area contributed by atoms with E-state index < -0.39 is 11.6 Å². The zero-order chi connectivity index (χ0) is 8.27. The number of halogens is 2. The van der Waals surface area contributed by atoms with Gasteiger partial charge in [0.1, 0.15) is 0 Å². The predicted octanol–water partition coefficient (Wildman–Crippen LogP) is 2.18. The monoisotopic (exact) mass is 157 g/mol. The minimum absolute atomic E-state index is 0.0837. The van der Waals surface area contributed by atoms with Crippen LogP contribution in [-0.4, -0.2) is 6.61 Å². The lowest BCUT2D eigenvalue weighted by Gasteiger charge is -2.03. The Morgan fingerprint density at radius 1 is 1.36 bits per heavy atom. The van der Waals surface area contributed by atoms with E-state index in [1.165, 1.54) is 12.1 Å². The van der Waals surface area contributed by atoms with E-state index in [2.05, 4.69) is 6.92 Å². The lowest BCUT2D eigenvalue weighted by Crippen LogP contribution is -1.96. The summed E-state index contributed by atoms with van der Waals surface area (Å²) in [5.41, 5.74) is 0. The van der Waals surface area contributed by atoms with Crippen molar-refractivity contribution in [3.05, 3.63) is 36.8 Å². The smallest absolute Gasteiger partial charge is 0.200 e. The van der Waals surface area contributed by atoms with Crippen molar-refractivity contribution < 1.29 is 13.5 Å². The van der Waals surface area contributed by atoms with Gasteiger partial charge in [0.25, 0.3) is 0 Å². The van der Waals surface area contributed by atoms with Crippen molar-refractivity contribution in [3.8, 4) is 5.75 Å². The van der Waals surface area contributed by atoms with Crippen molar-refractivity contribution >= 4 is 0 Å². The number of benzene rings is 1. The molecule has 0 spiro atoms. The van der Waals surface area contributed by atoms with Gasteiger partial charge in [-0.3, -0.25) is 0 Å². The maximum Gasteiger partial charge on any atom is 0.200 e. The van der Waals surface area contributed by atoms with Crippen LogP contribution in [0.2, 0.25) is 0 Å². The Morgan fingerprint density at radius 2 is 2.09 bits per heavy atom. The molecule has 0 atom stereocenters. The summed E-state index contributed by atoms with van der Waals surface area (Å²) in [7, 11) is 0. The maximum absolute atomic E-state index is 12.7. The Morgan fingerprint density at radius 3 is 2.73 bits per heavy atom. The van der Waals surface area contributed by atoms with Gasteiger partial charge in [-0.05, 0) is 19.1 Å². The molecule has 0 aromatic heterocycles. The molecule has 1 nitrogen and oxygen atoms in total. The minimum Gasteiger partial charge on any atom is -0.490 e. The van der Waals surface area contributed by atoms with E-state index >= 15 is 0 Å². The van der Waals surface area contributed by atoms with Crippen molar-refractivity contribution in [1.29, 1.82) is 0 Å². The van der Waals surface area contributed by atoms with Gasteiger partial charge in [-0.1, -0.05) is 6.07 Å². The molecule has 0 aliphatic rings. The van der Waals surface area contributed by atoms with Gasteiger partial charge in [-0.15, -0.1) is 0 Å². The molecule has 0 N–H and O–H groups in total. The lowest BCUT2D eigenvalue weighted by molar-refractivity contribution is 0.331. The van der Waals surface area contributed by atoms with Crippen LogP contribution in [0.25, 0.3) is 0 Å². The summed E-state index contributed by atoms with van der Waals surface area (Å²) in [4.78, 5) is 0. The largest absolute Gasteiger partial charge is 0.490 e. The third-order valence-electron chi connectivity index (χ3n) is 1.17. The topological polar surface area (TPSA) is 9.23 Å². The third kappa shape index (κ3) is 1.67. The van der Waals surface area contributed by atoms with Crippen molar-refractivity contribution in [2.75, 3.05) is 6.61 Å². The molecular formula is C8H7F2O.